The zero-order valence-corrected chi connectivity index (χ0v) is 17.5. The molecular formula is C26H27N3O2. The Labute approximate surface area is 183 Å². The van der Waals surface area contributed by atoms with Crippen molar-refractivity contribution in [1.82, 2.24) is 10.2 Å². The van der Waals surface area contributed by atoms with Crippen LogP contribution in [-0.4, -0.2) is 48.9 Å². The Morgan fingerprint density at radius 3 is 1.90 bits per heavy atom. The molecule has 3 aromatic carbocycles. The first kappa shape index (κ1) is 20.7. The van der Waals surface area contributed by atoms with Crippen molar-refractivity contribution in [3.05, 3.63) is 102 Å². The lowest BCUT2D eigenvalue weighted by atomic mass is 10.0. The van der Waals surface area contributed by atoms with Gasteiger partial charge < -0.3 is 15.1 Å². The third-order valence-corrected chi connectivity index (χ3v) is 5.63. The van der Waals surface area contributed by atoms with Crippen LogP contribution in [0.3, 0.4) is 0 Å². The number of amides is 2. The smallest absolute Gasteiger partial charge is 0.251 e. The fourth-order valence-electron chi connectivity index (χ4n) is 3.93. The summed E-state index contributed by atoms with van der Waals surface area (Å²) in [4.78, 5) is 30.3. The summed E-state index contributed by atoms with van der Waals surface area (Å²) in [6.45, 7) is 2.83. The molecule has 0 saturated carbocycles. The van der Waals surface area contributed by atoms with E-state index in [-0.39, 0.29) is 11.8 Å². The molecule has 5 heteroatoms. The van der Waals surface area contributed by atoms with Gasteiger partial charge in [0.05, 0.1) is 0 Å². The Kier molecular flexibility index (Phi) is 6.62. The highest BCUT2D eigenvalue weighted by atomic mass is 16.2. The standard InChI is InChI=1S/C26H27N3O2/c30-25(22-12-6-2-7-13-22)27-24(20-21-10-4-1-5-11-21)26(31)29-18-16-28(17-19-29)23-14-8-3-9-15-23/h1-15,24H,16-20H2,(H,27,30)/t24-/m0/s1. The molecule has 0 bridgehead atoms. The van der Waals surface area contributed by atoms with Gasteiger partial charge in [-0.2, -0.15) is 0 Å². The zero-order chi connectivity index (χ0) is 21.5. The number of anilines is 1. The molecular weight excluding hydrogens is 386 g/mol. The predicted octanol–water partition coefficient (Wildman–Crippen LogP) is 3.38. The number of nitrogens with zero attached hydrogens (tertiary/aromatic N) is 2. The van der Waals surface area contributed by atoms with Gasteiger partial charge in [-0.1, -0.05) is 66.7 Å². The second kappa shape index (κ2) is 9.94. The Bertz CT molecular complexity index is 985. The number of benzene rings is 3. The first-order valence-electron chi connectivity index (χ1n) is 10.7. The first-order chi connectivity index (χ1) is 15.2. The molecule has 0 aromatic heterocycles. The first-order valence-corrected chi connectivity index (χ1v) is 10.7. The van der Waals surface area contributed by atoms with Crippen molar-refractivity contribution in [1.29, 1.82) is 0 Å². The second-order valence-corrected chi connectivity index (χ2v) is 7.73. The lowest BCUT2D eigenvalue weighted by molar-refractivity contribution is -0.133. The molecule has 1 atom stereocenters. The van der Waals surface area contributed by atoms with E-state index in [1.165, 1.54) is 5.69 Å². The molecule has 0 radical (unpaired) electrons. The van der Waals surface area contributed by atoms with Gasteiger partial charge in [0.15, 0.2) is 0 Å². The minimum absolute atomic E-state index is 0.0270. The van der Waals surface area contributed by atoms with Gasteiger partial charge in [0.1, 0.15) is 6.04 Å². The number of hydrogen-bond acceptors (Lipinski definition) is 3. The molecule has 1 N–H and O–H groups in total. The van der Waals surface area contributed by atoms with Crippen LogP contribution in [0.1, 0.15) is 15.9 Å². The molecule has 0 aliphatic carbocycles. The topological polar surface area (TPSA) is 52.7 Å². The van der Waals surface area contributed by atoms with Gasteiger partial charge in [-0.3, -0.25) is 9.59 Å². The van der Waals surface area contributed by atoms with Crippen LogP contribution in [0, 0.1) is 0 Å². The SMILES string of the molecule is O=C(N[C@@H](Cc1ccccc1)C(=O)N1CCN(c2ccccc2)CC1)c1ccccc1. The highest BCUT2D eigenvalue weighted by Crippen LogP contribution is 2.17. The van der Waals surface area contributed by atoms with E-state index in [0.717, 1.165) is 18.7 Å². The molecule has 31 heavy (non-hydrogen) atoms. The largest absolute Gasteiger partial charge is 0.368 e. The van der Waals surface area contributed by atoms with Crippen LogP contribution in [0.15, 0.2) is 91.0 Å². The Morgan fingerprint density at radius 1 is 0.742 bits per heavy atom. The van der Waals surface area contributed by atoms with Crippen molar-refractivity contribution >= 4 is 17.5 Å². The fraction of sp³-hybridized carbons (Fsp3) is 0.231. The number of nitrogens with one attached hydrogen (secondary N) is 1. The maximum absolute atomic E-state index is 13.4. The van der Waals surface area contributed by atoms with Crippen LogP contribution >= 0.6 is 0 Å². The Hall–Kier alpha value is -3.60. The average molecular weight is 414 g/mol. The number of para-hydroxylation sites is 1. The van der Waals surface area contributed by atoms with E-state index < -0.39 is 6.04 Å². The Morgan fingerprint density at radius 2 is 1.29 bits per heavy atom. The van der Waals surface area contributed by atoms with E-state index in [1.807, 2.05) is 71.6 Å². The molecule has 1 aliphatic rings. The van der Waals surface area contributed by atoms with E-state index in [1.54, 1.807) is 12.1 Å². The van der Waals surface area contributed by atoms with Gasteiger partial charge in [0, 0.05) is 43.9 Å². The number of carbonyl (C=O) groups is 2. The minimum atomic E-state index is -0.599. The fourth-order valence-corrected chi connectivity index (χ4v) is 3.93. The minimum Gasteiger partial charge on any atom is -0.368 e. The van der Waals surface area contributed by atoms with E-state index >= 15 is 0 Å². The maximum atomic E-state index is 13.4. The molecule has 0 spiro atoms. The van der Waals surface area contributed by atoms with Crippen molar-refractivity contribution in [2.75, 3.05) is 31.1 Å². The molecule has 3 aromatic rings. The number of rotatable bonds is 6. The summed E-state index contributed by atoms with van der Waals surface area (Å²) in [6, 6.07) is 28.5. The van der Waals surface area contributed by atoms with Gasteiger partial charge in [-0.25, -0.2) is 0 Å². The average Bonchev–Trinajstić information content (AvgIpc) is 2.85. The van der Waals surface area contributed by atoms with E-state index in [2.05, 4.69) is 22.3 Å². The van der Waals surface area contributed by atoms with E-state index in [4.69, 9.17) is 0 Å². The van der Waals surface area contributed by atoms with Crippen molar-refractivity contribution in [2.45, 2.75) is 12.5 Å². The van der Waals surface area contributed by atoms with Crippen LogP contribution in [0.2, 0.25) is 0 Å². The summed E-state index contributed by atoms with van der Waals surface area (Å²) < 4.78 is 0. The van der Waals surface area contributed by atoms with Crippen LogP contribution in [-0.2, 0) is 11.2 Å². The molecule has 1 heterocycles. The summed E-state index contributed by atoms with van der Waals surface area (Å²) in [5, 5.41) is 2.98. The molecule has 1 aliphatic heterocycles. The molecule has 0 unspecified atom stereocenters. The van der Waals surface area contributed by atoms with Crippen LogP contribution in [0.4, 0.5) is 5.69 Å². The summed E-state index contributed by atoms with van der Waals surface area (Å²) in [5.74, 6) is -0.251. The van der Waals surface area contributed by atoms with Crippen molar-refractivity contribution in [2.24, 2.45) is 0 Å². The van der Waals surface area contributed by atoms with Gasteiger partial charge in [-0.15, -0.1) is 0 Å². The Balaban J connectivity index is 1.45. The molecule has 2 amide bonds. The highest BCUT2D eigenvalue weighted by Gasteiger charge is 2.29. The number of hydrogen-bond donors (Lipinski definition) is 1. The normalized spacial score (nSPS) is 14.7. The zero-order valence-electron chi connectivity index (χ0n) is 17.5. The van der Waals surface area contributed by atoms with Crippen molar-refractivity contribution < 1.29 is 9.59 Å². The summed E-state index contributed by atoms with van der Waals surface area (Å²) in [6.07, 6.45) is 0.469. The van der Waals surface area contributed by atoms with Gasteiger partial charge in [-0.05, 0) is 29.8 Å². The summed E-state index contributed by atoms with van der Waals surface area (Å²) >= 11 is 0. The van der Waals surface area contributed by atoms with Gasteiger partial charge >= 0.3 is 0 Å². The number of piperazine rings is 1. The lowest BCUT2D eigenvalue weighted by Gasteiger charge is -2.37. The third kappa shape index (κ3) is 5.31. The predicted molar refractivity (Wildman–Crippen MR) is 123 cm³/mol. The molecule has 1 saturated heterocycles. The summed E-state index contributed by atoms with van der Waals surface area (Å²) in [7, 11) is 0. The lowest BCUT2D eigenvalue weighted by Crippen LogP contribution is -2.55. The monoisotopic (exact) mass is 413 g/mol. The third-order valence-electron chi connectivity index (χ3n) is 5.63. The van der Waals surface area contributed by atoms with Crippen LogP contribution < -0.4 is 10.2 Å². The second-order valence-electron chi connectivity index (χ2n) is 7.73. The molecule has 1 fully saturated rings. The van der Waals surface area contributed by atoms with Crippen molar-refractivity contribution in [3.63, 3.8) is 0 Å². The van der Waals surface area contributed by atoms with Gasteiger partial charge in [0.2, 0.25) is 5.91 Å². The van der Waals surface area contributed by atoms with Gasteiger partial charge in [0.25, 0.3) is 5.91 Å². The van der Waals surface area contributed by atoms with Crippen molar-refractivity contribution in [3.8, 4) is 0 Å². The summed E-state index contributed by atoms with van der Waals surface area (Å²) in [5.41, 5.74) is 2.76. The van der Waals surface area contributed by atoms with Crippen LogP contribution in [0.5, 0.6) is 0 Å². The van der Waals surface area contributed by atoms with Crippen LogP contribution in [0.25, 0.3) is 0 Å². The quantitative estimate of drug-likeness (QED) is 0.674. The maximum Gasteiger partial charge on any atom is 0.251 e. The highest BCUT2D eigenvalue weighted by molar-refractivity contribution is 5.97. The molecule has 158 valence electrons. The van der Waals surface area contributed by atoms with E-state index in [0.29, 0.717) is 25.1 Å². The molecule has 4 rings (SSSR count). The number of carbonyl (C=O) groups excluding carboxylic acids is 2. The molecule has 5 nitrogen and oxygen atoms in total. The van der Waals surface area contributed by atoms with E-state index in [9.17, 15) is 9.59 Å².